The van der Waals surface area contributed by atoms with Gasteiger partial charge in [0.05, 0.1) is 0 Å². The minimum Gasteiger partial charge on any atom is -0.488 e. The van der Waals surface area contributed by atoms with Crippen LogP contribution in [0.25, 0.3) is 6.08 Å². The first kappa shape index (κ1) is 21.9. The minimum atomic E-state index is -0.437. The molecule has 0 heterocycles. The maximum absolute atomic E-state index is 12.7. The summed E-state index contributed by atoms with van der Waals surface area (Å²) in [6.45, 7) is 6.55. The van der Waals surface area contributed by atoms with Gasteiger partial charge in [-0.05, 0) is 49.6 Å². The molecule has 1 N–H and O–H groups in total. The first-order valence-electron chi connectivity index (χ1n) is 10.3. The monoisotopic (exact) mass is 410 g/mol. The van der Waals surface area contributed by atoms with Crippen LogP contribution in [-0.2, 0) is 17.8 Å². The molecule has 0 bridgehead atoms. The Kier molecular flexibility index (Phi) is 7.24. The second-order valence-electron chi connectivity index (χ2n) is 7.46. The Hall–Kier alpha value is -3.84. The quantitative estimate of drug-likeness (QED) is 0.384. The van der Waals surface area contributed by atoms with Crippen LogP contribution < -0.4 is 10.1 Å². The van der Waals surface area contributed by atoms with Gasteiger partial charge in [-0.2, -0.15) is 5.26 Å². The van der Waals surface area contributed by atoms with Crippen LogP contribution in [-0.4, -0.2) is 5.91 Å². The van der Waals surface area contributed by atoms with Crippen molar-refractivity contribution in [2.75, 3.05) is 5.32 Å². The van der Waals surface area contributed by atoms with E-state index in [1.165, 1.54) is 11.1 Å². The van der Waals surface area contributed by atoms with E-state index in [-0.39, 0.29) is 5.57 Å². The zero-order chi connectivity index (χ0) is 22.2. The smallest absolute Gasteiger partial charge is 0.266 e. The van der Waals surface area contributed by atoms with E-state index in [0.29, 0.717) is 17.9 Å². The number of hydrogen-bond acceptors (Lipinski definition) is 3. The van der Waals surface area contributed by atoms with Crippen molar-refractivity contribution in [3.63, 3.8) is 0 Å². The number of ether oxygens (including phenoxy) is 1. The summed E-state index contributed by atoms with van der Waals surface area (Å²) in [6.07, 6.45) is 2.36. The molecule has 0 atom stereocenters. The number of nitrogens with zero attached hydrogens (tertiary/aromatic N) is 1. The van der Waals surface area contributed by atoms with Gasteiger partial charge >= 0.3 is 0 Å². The standard InChI is InChI=1S/C27H26N2O2/c1-4-22-9-5-7-11-25(22)29-27(30)24(17-28)16-23-10-6-8-12-26(23)31-18-21-14-19(2)13-20(3)15-21/h5-16H,4,18H2,1-3H3,(H,29,30)/b24-16+. The molecular weight excluding hydrogens is 384 g/mol. The minimum absolute atomic E-state index is 0.0216. The van der Waals surface area contributed by atoms with Gasteiger partial charge in [0.1, 0.15) is 24.0 Å². The van der Waals surface area contributed by atoms with E-state index in [0.717, 1.165) is 23.2 Å². The summed E-state index contributed by atoms with van der Waals surface area (Å²) in [5.41, 5.74) is 5.88. The molecule has 4 heteroatoms. The average Bonchev–Trinajstić information content (AvgIpc) is 2.76. The van der Waals surface area contributed by atoms with Gasteiger partial charge in [0.2, 0.25) is 0 Å². The number of amides is 1. The topological polar surface area (TPSA) is 62.1 Å². The number of carbonyl (C=O) groups is 1. The highest BCUT2D eigenvalue weighted by atomic mass is 16.5. The molecular formula is C27H26N2O2. The third-order valence-corrected chi connectivity index (χ3v) is 4.91. The van der Waals surface area contributed by atoms with E-state index in [4.69, 9.17) is 4.74 Å². The molecule has 0 unspecified atom stereocenters. The molecule has 0 aromatic heterocycles. The van der Waals surface area contributed by atoms with E-state index >= 15 is 0 Å². The number of anilines is 1. The highest BCUT2D eigenvalue weighted by Crippen LogP contribution is 2.24. The summed E-state index contributed by atoms with van der Waals surface area (Å²) in [6, 6.07) is 23.3. The van der Waals surface area contributed by atoms with E-state index < -0.39 is 5.91 Å². The number of aryl methyl sites for hydroxylation is 3. The SMILES string of the molecule is CCc1ccccc1NC(=O)/C(C#N)=C/c1ccccc1OCc1cc(C)cc(C)c1. The summed E-state index contributed by atoms with van der Waals surface area (Å²) in [4.78, 5) is 12.7. The Morgan fingerprint density at radius 2 is 1.71 bits per heavy atom. The fourth-order valence-corrected chi connectivity index (χ4v) is 3.49. The normalized spacial score (nSPS) is 11.0. The van der Waals surface area contributed by atoms with Crippen LogP contribution in [0.3, 0.4) is 0 Å². The Morgan fingerprint density at radius 1 is 1.03 bits per heavy atom. The zero-order valence-corrected chi connectivity index (χ0v) is 18.1. The lowest BCUT2D eigenvalue weighted by Gasteiger charge is -2.12. The number of nitrogens with one attached hydrogen (secondary N) is 1. The molecule has 156 valence electrons. The molecule has 0 radical (unpaired) electrons. The maximum atomic E-state index is 12.7. The van der Waals surface area contributed by atoms with Crippen LogP contribution in [0.2, 0.25) is 0 Å². The zero-order valence-electron chi connectivity index (χ0n) is 18.1. The van der Waals surface area contributed by atoms with Gasteiger partial charge in [0.25, 0.3) is 5.91 Å². The Morgan fingerprint density at radius 3 is 2.42 bits per heavy atom. The lowest BCUT2D eigenvalue weighted by atomic mass is 10.1. The number of benzene rings is 3. The summed E-state index contributed by atoms with van der Waals surface area (Å²) in [5, 5.41) is 12.5. The highest BCUT2D eigenvalue weighted by Gasteiger charge is 2.13. The second kappa shape index (κ2) is 10.3. The molecule has 4 nitrogen and oxygen atoms in total. The Bertz CT molecular complexity index is 1140. The predicted molar refractivity (Wildman–Crippen MR) is 125 cm³/mol. The first-order valence-corrected chi connectivity index (χ1v) is 10.3. The summed E-state index contributed by atoms with van der Waals surface area (Å²) < 4.78 is 6.03. The van der Waals surface area contributed by atoms with Gasteiger partial charge in [-0.1, -0.05) is 72.6 Å². The van der Waals surface area contributed by atoms with Gasteiger partial charge < -0.3 is 10.1 Å². The Labute approximate surface area is 183 Å². The molecule has 0 aliphatic rings. The van der Waals surface area contributed by atoms with Gasteiger partial charge in [-0.15, -0.1) is 0 Å². The van der Waals surface area contributed by atoms with E-state index in [1.54, 1.807) is 6.08 Å². The molecule has 0 saturated heterocycles. The van der Waals surface area contributed by atoms with Gasteiger partial charge in [-0.3, -0.25) is 4.79 Å². The highest BCUT2D eigenvalue weighted by molar-refractivity contribution is 6.10. The number of carbonyl (C=O) groups excluding carboxylic acids is 1. The molecule has 0 saturated carbocycles. The number of nitriles is 1. The van der Waals surface area contributed by atoms with E-state index in [9.17, 15) is 10.1 Å². The molecule has 0 spiro atoms. The average molecular weight is 411 g/mol. The summed E-state index contributed by atoms with van der Waals surface area (Å²) >= 11 is 0. The van der Waals surface area contributed by atoms with Gasteiger partial charge in [0.15, 0.2) is 0 Å². The molecule has 3 aromatic carbocycles. The Balaban J connectivity index is 1.81. The largest absolute Gasteiger partial charge is 0.488 e. The molecule has 0 aliphatic heterocycles. The predicted octanol–water partition coefficient (Wildman–Crippen LogP) is 5.99. The fourth-order valence-electron chi connectivity index (χ4n) is 3.49. The lowest BCUT2D eigenvalue weighted by molar-refractivity contribution is -0.112. The van der Waals surface area contributed by atoms with Crippen LogP contribution >= 0.6 is 0 Å². The molecule has 0 aliphatic carbocycles. The second-order valence-corrected chi connectivity index (χ2v) is 7.46. The number of rotatable bonds is 7. The van der Waals surface area contributed by atoms with Crippen molar-refractivity contribution < 1.29 is 9.53 Å². The van der Waals surface area contributed by atoms with Crippen molar-refractivity contribution in [1.29, 1.82) is 5.26 Å². The summed E-state index contributed by atoms with van der Waals surface area (Å²) in [5.74, 6) is 0.184. The van der Waals surface area contributed by atoms with Crippen LogP contribution in [0.4, 0.5) is 5.69 Å². The number of para-hydroxylation sites is 2. The van der Waals surface area contributed by atoms with Crippen LogP contribution in [0.1, 0.15) is 34.7 Å². The van der Waals surface area contributed by atoms with Crippen LogP contribution in [0.5, 0.6) is 5.75 Å². The van der Waals surface area contributed by atoms with Crippen molar-refractivity contribution in [1.82, 2.24) is 0 Å². The molecule has 0 fully saturated rings. The van der Waals surface area contributed by atoms with Crippen molar-refractivity contribution in [3.05, 3.63) is 100 Å². The van der Waals surface area contributed by atoms with Crippen molar-refractivity contribution >= 4 is 17.7 Å². The third kappa shape index (κ3) is 5.83. The van der Waals surface area contributed by atoms with Crippen molar-refractivity contribution in [2.45, 2.75) is 33.8 Å². The molecule has 1 amide bonds. The summed E-state index contributed by atoms with van der Waals surface area (Å²) in [7, 11) is 0. The lowest BCUT2D eigenvalue weighted by Crippen LogP contribution is -2.14. The van der Waals surface area contributed by atoms with E-state index in [1.807, 2.05) is 61.5 Å². The number of hydrogen-bond donors (Lipinski definition) is 1. The van der Waals surface area contributed by atoms with Crippen molar-refractivity contribution in [2.24, 2.45) is 0 Å². The van der Waals surface area contributed by atoms with E-state index in [2.05, 4.69) is 37.4 Å². The first-order chi connectivity index (χ1) is 15.0. The molecule has 3 aromatic rings. The third-order valence-electron chi connectivity index (χ3n) is 4.91. The molecule has 31 heavy (non-hydrogen) atoms. The van der Waals surface area contributed by atoms with Gasteiger partial charge in [-0.25, -0.2) is 0 Å². The molecule has 3 rings (SSSR count). The van der Waals surface area contributed by atoms with Crippen LogP contribution in [0, 0.1) is 25.2 Å². The maximum Gasteiger partial charge on any atom is 0.266 e. The van der Waals surface area contributed by atoms with Gasteiger partial charge in [0, 0.05) is 11.3 Å². The fraction of sp³-hybridized carbons (Fsp3) is 0.185. The van der Waals surface area contributed by atoms with Crippen LogP contribution in [0.15, 0.2) is 72.3 Å². The van der Waals surface area contributed by atoms with Crippen molar-refractivity contribution in [3.8, 4) is 11.8 Å².